The lowest BCUT2D eigenvalue weighted by molar-refractivity contribution is 0.301. The number of rotatable bonds is 3. The van der Waals surface area contributed by atoms with Crippen LogP contribution in [-0.2, 0) is 0 Å². The SMILES string of the molecule is C1=CCC(NC2CCCCC2c2ccccc2)C1. The van der Waals surface area contributed by atoms with E-state index in [9.17, 15) is 0 Å². The summed E-state index contributed by atoms with van der Waals surface area (Å²) in [6.45, 7) is 0. The molecule has 0 aliphatic heterocycles. The minimum absolute atomic E-state index is 0.686. The van der Waals surface area contributed by atoms with Crippen LogP contribution in [0.2, 0.25) is 0 Å². The molecule has 0 radical (unpaired) electrons. The number of nitrogens with one attached hydrogen (secondary N) is 1. The summed E-state index contributed by atoms with van der Waals surface area (Å²) >= 11 is 0. The molecular formula is C17H23N. The third-order valence-corrected chi connectivity index (χ3v) is 4.45. The second-order valence-electron chi connectivity index (χ2n) is 5.71. The maximum atomic E-state index is 3.90. The van der Waals surface area contributed by atoms with E-state index in [1.807, 2.05) is 0 Å². The van der Waals surface area contributed by atoms with Crippen molar-refractivity contribution in [3.05, 3.63) is 48.0 Å². The van der Waals surface area contributed by atoms with E-state index in [4.69, 9.17) is 0 Å². The van der Waals surface area contributed by atoms with Crippen molar-refractivity contribution in [3.63, 3.8) is 0 Å². The van der Waals surface area contributed by atoms with E-state index < -0.39 is 0 Å². The van der Waals surface area contributed by atoms with Gasteiger partial charge in [-0.15, -0.1) is 0 Å². The van der Waals surface area contributed by atoms with Crippen molar-refractivity contribution in [1.82, 2.24) is 5.32 Å². The van der Waals surface area contributed by atoms with Crippen molar-refractivity contribution >= 4 is 0 Å². The highest BCUT2D eigenvalue weighted by atomic mass is 15.0. The Morgan fingerprint density at radius 3 is 2.39 bits per heavy atom. The zero-order valence-corrected chi connectivity index (χ0v) is 11.0. The van der Waals surface area contributed by atoms with E-state index in [0.29, 0.717) is 12.1 Å². The van der Waals surface area contributed by atoms with Crippen LogP contribution in [-0.4, -0.2) is 12.1 Å². The zero-order valence-electron chi connectivity index (χ0n) is 11.0. The molecule has 2 aliphatic carbocycles. The summed E-state index contributed by atoms with van der Waals surface area (Å²) in [5, 5.41) is 3.90. The molecule has 1 aromatic carbocycles. The van der Waals surface area contributed by atoms with Gasteiger partial charge in [0.25, 0.3) is 0 Å². The van der Waals surface area contributed by atoms with Crippen LogP contribution in [0.5, 0.6) is 0 Å². The van der Waals surface area contributed by atoms with Gasteiger partial charge < -0.3 is 5.32 Å². The van der Waals surface area contributed by atoms with Gasteiger partial charge in [-0.05, 0) is 37.2 Å². The second-order valence-corrected chi connectivity index (χ2v) is 5.71. The smallest absolute Gasteiger partial charge is 0.0139 e. The topological polar surface area (TPSA) is 12.0 Å². The van der Waals surface area contributed by atoms with Crippen molar-refractivity contribution in [3.8, 4) is 0 Å². The lowest BCUT2D eigenvalue weighted by Gasteiger charge is -2.34. The molecule has 1 N–H and O–H groups in total. The Kier molecular flexibility index (Phi) is 3.80. The maximum absolute atomic E-state index is 3.90. The molecule has 18 heavy (non-hydrogen) atoms. The van der Waals surface area contributed by atoms with Crippen LogP contribution >= 0.6 is 0 Å². The fourth-order valence-corrected chi connectivity index (χ4v) is 3.49. The number of hydrogen-bond donors (Lipinski definition) is 1. The van der Waals surface area contributed by atoms with Gasteiger partial charge in [0.1, 0.15) is 0 Å². The molecule has 0 heterocycles. The first kappa shape index (κ1) is 12.0. The molecule has 1 saturated carbocycles. The summed E-state index contributed by atoms with van der Waals surface area (Å²) in [5.41, 5.74) is 1.53. The first-order chi connectivity index (χ1) is 8.93. The van der Waals surface area contributed by atoms with Gasteiger partial charge in [-0.3, -0.25) is 0 Å². The summed E-state index contributed by atoms with van der Waals surface area (Å²) in [4.78, 5) is 0. The molecule has 1 nitrogen and oxygen atoms in total. The molecule has 3 rings (SSSR count). The van der Waals surface area contributed by atoms with E-state index in [-0.39, 0.29) is 0 Å². The molecule has 0 saturated heterocycles. The van der Waals surface area contributed by atoms with E-state index in [1.165, 1.54) is 44.1 Å². The van der Waals surface area contributed by atoms with Gasteiger partial charge in [-0.1, -0.05) is 55.3 Å². The molecule has 2 unspecified atom stereocenters. The summed E-state index contributed by atoms with van der Waals surface area (Å²) in [5.74, 6) is 0.723. The maximum Gasteiger partial charge on any atom is 0.0139 e. The van der Waals surface area contributed by atoms with Gasteiger partial charge in [0, 0.05) is 12.1 Å². The third-order valence-electron chi connectivity index (χ3n) is 4.45. The van der Waals surface area contributed by atoms with Crippen molar-refractivity contribution in [2.24, 2.45) is 0 Å². The van der Waals surface area contributed by atoms with Gasteiger partial charge in [-0.25, -0.2) is 0 Å². The number of benzene rings is 1. The van der Waals surface area contributed by atoms with E-state index >= 15 is 0 Å². The lowest BCUT2D eigenvalue weighted by Crippen LogP contribution is -2.42. The van der Waals surface area contributed by atoms with Gasteiger partial charge in [0.05, 0.1) is 0 Å². The molecule has 0 aromatic heterocycles. The quantitative estimate of drug-likeness (QED) is 0.788. The Bertz CT molecular complexity index is 387. The highest BCUT2D eigenvalue weighted by Crippen LogP contribution is 2.33. The molecule has 0 bridgehead atoms. The third kappa shape index (κ3) is 2.67. The fraction of sp³-hybridized carbons (Fsp3) is 0.529. The van der Waals surface area contributed by atoms with Crippen LogP contribution in [0, 0.1) is 0 Å². The van der Waals surface area contributed by atoms with Crippen molar-refractivity contribution in [1.29, 1.82) is 0 Å². The Labute approximate surface area is 110 Å². The second kappa shape index (κ2) is 5.71. The van der Waals surface area contributed by atoms with Crippen LogP contribution < -0.4 is 5.32 Å². The van der Waals surface area contributed by atoms with Crippen LogP contribution in [0.15, 0.2) is 42.5 Å². The number of hydrogen-bond acceptors (Lipinski definition) is 1. The van der Waals surface area contributed by atoms with Crippen LogP contribution in [0.4, 0.5) is 0 Å². The van der Waals surface area contributed by atoms with Gasteiger partial charge in [0.15, 0.2) is 0 Å². The average Bonchev–Trinajstić information content (AvgIpc) is 2.93. The summed E-state index contributed by atoms with van der Waals surface area (Å²) in [6, 6.07) is 12.5. The minimum Gasteiger partial charge on any atom is -0.310 e. The molecule has 0 spiro atoms. The summed E-state index contributed by atoms with van der Waals surface area (Å²) in [7, 11) is 0. The molecule has 1 aromatic rings. The zero-order chi connectivity index (χ0) is 12.2. The first-order valence-corrected chi connectivity index (χ1v) is 7.39. The standard InChI is InChI=1S/C17H23N/c1-2-8-14(9-3-1)16-12-6-7-13-17(16)18-15-10-4-5-11-15/h1-5,8-9,15-18H,6-7,10-13H2. The molecule has 1 heteroatoms. The van der Waals surface area contributed by atoms with Crippen molar-refractivity contribution in [2.75, 3.05) is 0 Å². The first-order valence-electron chi connectivity index (χ1n) is 7.39. The molecule has 2 aliphatic rings. The van der Waals surface area contributed by atoms with Crippen LogP contribution in [0.3, 0.4) is 0 Å². The molecular weight excluding hydrogens is 218 g/mol. The molecule has 2 atom stereocenters. The fourth-order valence-electron chi connectivity index (χ4n) is 3.49. The van der Waals surface area contributed by atoms with Crippen LogP contribution in [0.25, 0.3) is 0 Å². The average molecular weight is 241 g/mol. The van der Waals surface area contributed by atoms with E-state index in [0.717, 1.165) is 5.92 Å². The largest absolute Gasteiger partial charge is 0.310 e. The predicted molar refractivity (Wildman–Crippen MR) is 76.7 cm³/mol. The van der Waals surface area contributed by atoms with Gasteiger partial charge >= 0.3 is 0 Å². The highest BCUT2D eigenvalue weighted by molar-refractivity contribution is 5.22. The lowest BCUT2D eigenvalue weighted by atomic mass is 9.79. The van der Waals surface area contributed by atoms with Crippen LogP contribution in [0.1, 0.15) is 50.0 Å². The van der Waals surface area contributed by atoms with Gasteiger partial charge in [0.2, 0.25) is 0 Å². The Morgan fingerprint density at radius 1 is 0.889 bits per heavy atom. The molecule has 96 valence electrons. The van der Waals surface area contributed by atoms with E-state index in [1.54, 1.807) is 0 Å². The molecule has 1 fully saturated rings. The minimum atomic E-state index is 0.686. The Hall–Kier alpha value is -1.08. The highest BCUT2D eigenvalue weighted by Gasteiger charge is 2.28. The van der Waals surface area contributed by atoms with Crippen molar-refractivity contribution < 1.29 is 0 Å². The monoisotopic (exact) mass is 241 g/mol. The normalized spacial score (nSPS) is 28.7. The van der Waals surface area contributed by atoms with Gasteiger partial charge in [-0.2, -0.15) is 0 Å². The van der Waals surface area contributed by atoms with E-state index in [2.05, 4.69) is 47.8 Å². The molecule has 0 amide bonds. The Balaban J connectivity index is 1.69. The predicted octanol–water partition coefficient (Wildman–Crippen LogP) is 4.02. The van der Waals surface area contributed by atoms with Crippen molar-refractivity contribution in [2.45, 2.75) is 56.5 Å². The Morgan fingerprint density at radius 2 is 1.61 bits per heavy atom. The summed E-state index contributed by atoms with van der Waals surface area (Å²) in [6.07, 6.45) is 12.5. The summed E-state index contributed by atoms with van der Waals surface area (Å²) < 4.78 is 0.